The standard InChI is InChI=1S/C25H25BrN6O4/c1-14(2)36-19-8-5-16-11-20(19)35-13-29-23(27)15-3-6-18(7-4-15)30-22(16)25(34)32-31-24(33)17-9-10-28-21(26)12-17/h3-12,14,22,30H,13H2,1-2H3,(H2,27,29)(H,31,33)(H,32,34). The van der Waals surface area contributed by atoms with E-state index in [-0.39, 0.29) is 12.8 Å². The highest BCUT2D eigenvalue weighted by Gasteiger charge is 2.24. The molecule has 2 aliphatic rings. The minimum atomic E-state index is -0.880. The Morgan fingerprint density at radius 3 is 2.64 bits per heavy atom. The number of hydrogen-bond acceptors (Lipinski definition) is 8. The van der Waals surface area contributed by atoms with Crippen LogP contribution in [0.5, 0.6) is 11.5 Å². The van der Waals surface area contributed by atoms with Gasteiger partial charge in [0.25, 0.3) is 11.8 Å². The van der Waals surface area contributed by atoms with Gasteiger partial charge in [-0.15, -0.1) is 0 Å². The first-order valence-corrected chi connectivity index (χ1v) is 11.9. The Morgan fingerprint density at radius 1 is 1.14 bits per heavy atom. The zero-order valence-electron chi connectivity index (χ0n) is 19.6. The number of nitrogens with zero attached hydrogens (tertiary/aromatic N) is 2. The molecule has 4 bridgehead atoms. The first-order valence-electron chi connectivity index (χ1n) is 11.1. The quantitative estimate of drug-likeness (QED) is 0.287. The molecule has 2 aliphatic heterocycles. The van der Waals surface area contributed by atoms with E-state index in [9.17, 15) is 9.59 Å². The molecule has 5 rings (SSSR count). The Morgan fingerprint density at radius 2 is 1.92 bits per heavy atom. The van der Waals surface area contributed by atoms with Crippen LogP contribution in [-0.2, 0) is 4.79 Å². The van der Waals surface area contributed by atoms with Gasteiger partial charge in [-0.05, 0) is 83.9 Å². The first-order chi connectivity index (χ1) is 17.3. The molecule has 0 fully saturated rings. The van der Waals surface area contributed by atoms with Crippen molar-refractivity contribution in [3.05, 3.63) is 82.1 Å². The number of benzene rings is 2. The van der Waals surface area contributed by atoms with Gasteiger partial charge in [0.05, 0.1) is 6.10 Å². The van der Waals surface area contributed by atoms with Gasteiger partial charge in [0.1, 0.15) is 16.5 Å². The van der Waals surface area contributed by atoms with Crippen LogP contribution in [0.3, 0.4) is 0 Å². The average molecular weight is 553 g/mol. The van der Waals surface area contributed by atoms with E-state index in [0.29, 0.717) is 44.3 Å². The molecule has 36 heavy (non-hydrogen) atoms. The number of hydrazine groups is 1. The van der Waals surface area contributed by atoms with Gasteiger partial charge in [0.15, 0.2) is 18.2 Å². The molecule has 0 spiro atoms. The minimum absolute atomic E-state index is 0.0344. The number of aliphatic imine (C=N–C) groups is 1. The molecule has 1 aromatic heterocycles. The topological polar surface area (TPSA) is 140 Å². The Kier molecular flexibility index (Phi) is 7.69. The smallest absolute Gasteiger partial charge is 0.269 e. The van der Waals surface area contributed by atoms with Crippen LogP contribution in [0, 0.1) is 0 Å². The van der Waals surface area contributed by atoms with Gasteiger partial charge in [0.2, 0.25) is 0 Å². The van der Waals surface area contributed by atoms with Gasteiger partial charge in [-0.2, -0.15) is 0 Å². The van der Waals surface area contributed by atoms with Crippen LogP contribution in [-0.4, -0.2) is 35.5 Å². The predicted octanol–water partition coefficient (Wildman–Crippen LogP) is 3.30. The van der Waals surface area contributed by atoms with Crippen molar-refractivity contribution in [2.45, 2.75) is 26.0 Å². The Bertz CT molecular complexity index is 1300. The molecule has 186 valence electrons. The molecule has 2 aromatic carbocycles. The fraction of sp³-hybridized carbons (Fsp3) is 0.200. The van der Waals surface area contributed by atoms with Gasteiger partial charge in [-0.1, -0.05) is 6.07 Å². The van der Waals surface area contributed by atoms with Gasteiger partial charge in [-0.3, -0.25) is 20.4 Å². The third-order valence-electron chi connectivity index (χ3n) is 5.16. The van der Waals surface area contributed by atoms with Crippen molar-refractivity contribution in [2.75, 3.05) is 12.0 Å². The Labute approximate surface area is 216 Å². The van der Waals surface area contributed by atoms with E-state index in [2.05, 4.69) is 42.1 Å². The normalized spacial score (nSPS) is 16.2. The zero-order chi connectivity index (χ0) is 25.7. The number of ether oxygens (including phenoxy) is 2. The zero-order valence-corrected chi connectivity index (χ0v) is 21.2. The summed E-state index contributed by atoms with van der Waals surface area (Å²) in [4.78, 5) is 34.1. The van der Waals surface area contributed by atoms with Crippen LogP contribution in [0.2, 0.25) is 0 Å². The van der Waals surface area contributed by atoms with Crippen LogP contribution < -0.4 is 31.4 Å². The van der Waals surface area contributed by atoms with Crippen LogP contribution in [0.1, 0.15) is 41.4 Å². The van der Waals surface area contributed by atoms with Crippen molar-refractivity contribution >= 4 is 39.3 Å². The van der Waals surface area contributed by atoms with Crippen molar-refractivity contribution in [1.29, 1.82) is 0 Å². The maximum Gasteiger partial charge on any atom is 0.269 e. The van der Waals surface area contributed by atoms with Crippen LogP contribution in [0.25, 0.3) is 0 Å². The largest absolute Gasteiger partial charge is 0.487 e. The molecule has 0 saturated heterocycles. The van der Waals surface area contributed by atoms with Crippen LogP contribution >= 0.6 is 15.9 Å². The number of nitrogens with two attached hydrogens (primary N) is 1. The van der Waals surface area contributed by atoms with E-state index >= 15 is 0 Å². The summed E-state index contributed by atoms with van der Waals surface area (Å²) in [5.41, 5.74) is 13.3. The average Bonchev–Trinajstić information content (AvgIpc) is 2.87. The number of hydrogen-bond donors (Lipinski definition) is 4. The number of halogens is 1. The van der Waals surface area contributed by atoms with Crippen molar-refractivity contribution in [1.82, 2.24) is 15.8 Å². The lowest BCUT2D eigenvalue weighted by atomic mass is 10.0. The number of anilines is 1. The molecular formula is C25H25BrN6O4. The molecule has 0 radical (unpaired) electrons. The second-order valence-electron chi connectivity index (χ2n) is 8.15. The van der Waals surface area contributed by atoms with E-state index in [1.54, 1.807) is 48.5 Å². The van der Waals surface area contributed by atoms with Crippen molar-refractivity contribution in [3.63, 3.8) is 0 Å². The number of amidine groups is 1. The SMILES string of the molecule is CC(C)Oc1ccc2cc1OC/N=C(/N)c1ccc(cc1)NC2C(=O)NNC(=O)c1ccnc(Br)c1. The van der Waals surface area contributed by atoms with Crippen molar-refractivity contribution < 1.29 is 19.1 Å². The highest BCUT2D eigenvalue weighted by Crippen LogP contribution is 2.33. The minimum Gasteiger partial charge on any atom is -0.487 e. The number of amides is 2. The second kappa shape index (κ2) is 11.1. The summed E-state index contributed by atoms with van der Waals surface area (Å²) in [6, 6.07) is 14.6. The lowest BCUT2D eigenvalue weighted by molar-refractivity contribution is -0.122. The Hall–Kier alpha value is -4.12. The number of carbonyl (C=O) groups is 2. The van der Waals surface area contributed by atoms with Crippen LogP contribution in [0.4, 0.5) is 5.69 Å². The lowest BCUT2D eigenvalue weighted by Gasteiger charge is -2.22. The summed E-state index contributed by atoms with van der Waals surface area (Å²) in [5, 5.41) is 3.21. The molecule has 1 atom stereocenters. The second-order valence-corrected chi connectivity index (χ2v) is 8.97. The lowest BCUT2D eigenvalue weighted by Crippen LogP contribution is -2.45. The number of aromatic nitrogens is 1. The number of fused-ring (bicyclic) bond motifs is 5. The van der Waals surface area contributed by atoms with E-state index in [0.717, 1.165) is 0 Å². The summed E-state index contributed by atoms with van der Waals surface area (Å²) in [7, 11) is 0. The molecule has 3 aromatic rings. The summed E-state index contributed by atoms with van der Waals surface area (Å²) in [6.45, 7) is 3.77. The predicted molar refractivity (Wildman–Crippen MR) is 139 cm³/mol. The van der Waals surface area contributed by atoms with Crippen LogP contribution in [0.15, 0.2) is 70.4 Å². The third-order valence-corrected chi connectivity index (χ3v) is 5.59. The van der Waals surface area contributed by atoms with Gasteiger partial charge in [-0.25, -0.2) is 9.98 Å². The van der Waals surface area contributed by atoms with Gasteiger partial charge in [0, 0.05) is 23.0 Å². The fourth-order valence-corrected chi connectivity index (χ4v) is 3.81. The molecule has 10 nitrogen and oxygen atoms in total. The molecule has 2 amide bonds. The van der Waals surface area contributed by atoms with E-state index in [1.165, 1.54) is 12.3 Å². The maximum absolute atomic E-state index is 13.3. The third kappa shape index (κ3) is 6.11. The highest BCUT2D eigenvalue weighted by atomic mass is 79.9. The van der Waals surface area contributed by atoms with E-state index in [4.69, 9.17) is 15.2 Å². The maximum atomic E-state index is 13.3. The summed E-state index contributed by atoms with van der Waals surface area (Å²) in [5.74, 6) is 0.258. The fourth-order valence-electron chi connectivity index (χ4n) is 3.44. The van der Waals surface area contributed by atoms with Crippen molar-refractivity contribution in [3.8, 4) is 11.5 Å². The first kappa shape index (κ1) is 25.0. The summed E-state index contributed by atoms with van der Waals surface area (Å²) in [6.07, 6.45) is 1.39. The molecule has 11 heteroatoms. The molecule has 5 N–H and O–H groups in total. The van der Waals surface area contributed by atoms with Gasteiger partial charge < -0.3 is 20.5 Å². The summed E-state index contributed by atoms with van der Waals surface area (Å²) < 4.78 is 12.2. The van der Waals surface area contributed by atoms with Crippen molar-refractivity contribution in [2.24, 2.45) is 10.7 Å². The highest BCUT2D eigenvalue weighted by molar-refractivity contribution is 9.10. The molecule has 0 aliphatic carbocycles. The number of pyridine rings is 1. The molecule has 0 saturated carbocycles. The monoisotopic (exact) mass is 552 g/mol. The number of rotatable bonds is 4. The molecular weight excluding hydrogens is 528 g/mol. The molecule has 1 unspecified atom stereocenters. The van der Waals surface area contributed by atoms with Gasteiger partial charge >= 0.3 is 0 Å². The van der Waals surface area contributed by atoms with E-state index < -0.39 is 17.9 Å². The number of carbonyl (C=O) groups excluding carboxylic acids is 2. The summed E-state index contributed by atoms with van der Waals surface area (Å²) >= 11 is 3.23. The van der Waals surface area contributed by atoms with E-state index in [1.807, 2.05) is 13.8 Å². The Balaban J connectivity index is 1.64. The number of nitrogens with one attached hydrogen (secondary N) is 3. The molecule has 3 heterocycles.